The first-order chi connectivity index (χ1) is 9.74. The van der Waals surface area contributed by atoms with Gasteiger partial charge in [-0.3, -0.25) is 14.7 Å². The van der Waals surface area contributed by atoms with Crippen molar-refractivity contribution < 1.29 is 4.79 Å². The fourth-order valence-electron chi connectivity index (χ4n) is 1.97. The van der Waals surface area contributed by atoms with Gasteiger partial charge in [0, 0.05) is 24.7 Å². The van der Waals surface area contributed by atoms with Gasteiger partial charge < -0.3 is 5.32 Å². The monoisotopic (exact) mass is 273 g/mol. The molecule has 0 bridgehead atoms. The number of amides is 1. The van der Waals surface area contributed by atoms with Crippen molar-refractivity contribution in [2.45, 2.75) is 25.3 Å². The van der Waals surface area contributed by atoms with Crippen LogP contribution in [0.25, 0.3) is 0 Å². The average molecular weight is 273 g/mol. The number of hydrogen-bond donors (Lipinski definition) is 2. The SMILES string of the molecule is O=C(NCCn1nc(C2CC2)ccc1=O)c1cn[nH]c1. The lowest BCUT2D eigenvalue weighted by molar-refractivity contribution is 0.0952. The van der Waals surface area contributed by atoms with Gasteiger partial charge in [0.1, 0.15) is 0 Å². The van der Waals surface area contributed by atoms with E-state index in [0.717, 1.165) is 18.5 Å². The Kier molecular flexibility index (Phi) is 3.32. The van der Waals surface area contributed by atoms with E-state index in [1.165, 1.54) is 17.1 Å². The Balaban J connectivity index is 1.59. The number of H-pyrrole nitrogens is 1. The maximum Gasteiger partial charge on any atom is 0.266 e. The van der Waals surface area contributed by atoms with Gasteiger partial charge >= 0.3 is 0 Å². The molecule has 104 valence electrons. The van der Waals surface area contributed by atoms with Crippen LogP contribution in [0.4, 0.5) is 0 Å². The van der Waals surface area contributed by atoms with E-state index in [9.17, 15) is 9.59 Å². The topological polar surface area (TPSA) is 92.7 Å². The summed E-state index contributed by atoms with van der Waals surface area (Å²) in [5, 5.41) is 13.3. The Hall–Kier alpha value is -2.44. The molecule has 0 radical (unpaired) electrons. The van der Waals surface area contributed by atoms with E-state index in [0.29, 0.717) is 24.6 Å². The molecule has 1 fully saturated rings. The van der Waals surface area contributed by atoms with Crippen LogP contribution in [-0.2, 0) is 6.54 Å². The highest BCUT2D eigenvalue weighted by Gasteiger charge is 2.25. The molecule has 7 nitrogen and oxygen atoms in total. The molecule has 1 amide bonds. The van der Waals surface area contributed by atoms with Crippen LogP contribution < -0.4 is 10.9 Å². The van der Waals surface area contributed by atoms with E-state index in [1.807, 2.05) is 0 Å². The van der Waals surface area contributed by atoms with Gasteiger partial charge in [0.05, 0.1) is 24.0 Å². The maximum atomic E-state index is 11.7. The van der Waals surface area contributed by atoms with E-state index >= 15 is 0 Å². The number of aromatic nitrogens is 4. The molecule has 2 aromatic heterocycles. The molecule has 0 spiro atoms. The summed E-state index contributed by atoms with van der Waals surface area (Å²) in [6, 6.07) is 3.33. The summed E-state index contributed by atoms with van der Waals surface area (Å²) in [7, 11) is 0. The van der Waals surface area contributed by atoms with E-state index in [-0.39, 0.29) is 11.5 Å². The molecule has 2 aromatic rings. The normalized spacial score (nSPS) is 14.2. The van der Waals surface area contributed by atoms with E-state index in [1.54, 1.807) is 12.1 Å². The standard InChI is InChI=1S/C13H15N5O2/c19-12-4-3-11(9-1-2-9)17-18(12)6-5-14-13(20)10-7-15-16-8-10/h3-4,7-9H,1-2,5-6H2,(H,14,20)(H,15,16). The predicted molar refractivity (Wildman–Crippen MR) is 71.4 cm³/mol. The van der Waals surface area contributed by atoms with Crippen LogP contribution in [0.2, 0.25) is 0 Å². The summed E-state index contributed by atoms with van der Waals surface area (Å²) < 4.78 is 1.41. The highest BCUT2D eigenvalue weighted by molar-refractivity contribution is 5.93. The molecule has 2 N–H and O–H groups in total. The van der Waals surface area contributed by atoms with Crippen LogP contribution in [0.1, 0.15) is 34.8 Å². The first-order valence-corrected chi connectivity index (χ1v) is 6.59. The lowest BCUT2D eigenvalue weighted by Crippen LogP contribution is -2.32. The van der Waals surface area contributed by atoms with Gasteiger partial charge in [-0.05, 0) is 18.9 Å². The van der Waals surface area contributed by atoms with Crippen LogP contribution in [0.5, 0.6) is 0 Å². The highest BCUT2D eigenvalue weighted by Crippen LogP contribution is 2.38. The number of carbonyl (C=O) groups is 1. The molecule has 1 saturated carbocycles. The third-order valence-corrected chi connectivity index (χ3v) is 3.25. The Labute approximate surface area is 115 Å². The van der Waals surface area contributed by atoms with E-state index in [2.05, 4.69) is 20.6 Å². The van der Waals surface area contributed by atoms with Gasteiger partial charge in [-0.2, -0.15) is 10.2 Å². The van der Waals surface area contributed by atoms with Crippen LogP contribution in [0.3, 0.4) is 0 Å². The fraction of sp³-hybridized carbons (Fsp3) is 0.385. The summed E-state index contributed by atoms with van der Waals surface area (Å²) in [4.78, 5) is 23.4. The zero-order valence-corrected chi connectivity index (χ0v) is 10.9. The molecule has 1 aliphatic carbocycles. The second-order valence-corrected chi connectivity index (χ2v) is 4.84. The summed E-state index contributed by atoms with van der Waals surface area (Å²) in [5.74, 6) is 0.285. The van der Waals surface area contributed by atoms with E-state index < -0.39 is 0 Å². The van der Waals surface area contributed by atoms with Gasteiger partial charge in [0.2, 0.25) is 0 Å². The summed E-state index contributed by atoms with van der Waals surface area (Å²) in [6.45, 7) is 0.716. The molecule has 20 heavy (non-hydrogen) atoms. The molecular weight excluding hydrogens is 258 g/mol. The number of nitrogens with one attached hydrogen (secondary N) is 2. The van der Waals surface area contributed by atoms with Crippen LogP contribution in [0, 0.1) is 0 Å². The van der Waals surface area contributed by atoms with Gasteiger partial charge in [0.25, 0.3) is 11.5 Å². The molecule has 7 heteroatoms. The number of hydrogen-bond acceptors (Lipinski definition) is 4. The molecular formula is C13H15N5O2. The summed E-state index contributed by atoms with van der Waals surface area (Å²) >= 11 is 0. The van der Waals surface area contributed by atoms with Crippen molar-refractivity contribution in [1.29, 1.82) is 0 Å². The van der Waals surface area contributed by atoms with Crippen molar-refractivity contribution in [3.05, 3.63) is 46.1 Å². The minimum absolute atomic E-state index is 0.146. The lowest BCUT2D eigenvalue weighted by Gasteiger charge is -2.07. The van der Waals surface area contributed by atoms with Gasteiger partial charge in [-0.25, -0.2) is 4.68 Å². The van der Waals surface area contributed by atoms with Crippen LogP contribution in [-0.4, -0.2) is 32.4 Å². The number of aromatic amines is 1. The molecule has 0 aromatic carbocycles. The first-order valence-electron chi connectivity index (χ1n) is 6.59. The molecule has 3 rings (SSSR count). The maximum absolute atomic E-state index is 11.7. The summed E-state index contributed by atoms with van der Waals surface area (Å²) in [5.41, 5.74) is 1.29. The minimum Gasteiger partial charge on any atom is -0.350 e. The number of rotatable bonds is 5. The number of nitrogens with zero attached hydrogens (tertiary/aromatic N) is 3. The number of carbonyl (C=O) groups excluding carboxylic acids is 1. The third-order valence-electron chi connectivity index (χ3n) is 3.25. The molecule has 0 atom stereocenters. The second-order valence-electron chi connectivity index (χ2n) is 4.84. The van der Waals surface area contributed by atoms with Crippen molar-refractivity contribution >= 4 is 5.91 Å². The van der Waals surface area contributed by atoms with Crippen molar-refractivity contribution in [2.75, 3.05) is 6.54 Å². The first kappa shape index (κ1) is 12.6. The molecule has 0 saturated heterocycles. The summed E-state index contributed by atoms with van der Waals surface area (Å²) in [6.07, 6.45) is 5.26. The highest BCUT2D eigenvalue weighted by atomic mass is 16.2. The second kappa shape index (κ2) is 5.28. The third kappa shape index (κ3) is 2.76. The zero-order valence-electron chi connectivity index (χ0n) is 10.9. The quantitative estimate of drug-likeness (QED) is 0.818. The Bertz CT molecular complexity index is 658. The van der Waals surface area contributed by atoms with Gasteiger partial charge in [-0.15, -0.1) is 0 Å². The molecule has 0 aliphatic heterocycles. The fourth-order valence-corrected chi connectivity index (χ4v) is 1.97. The minimum atomic E-state index is -0.217. The Morgan fingerprint density at radius 1 is 1.45 bits per heavy atom. The zero-order chi connectivity index (χ0) is 13.9. The molecule has 0 unspecified atom stereocenters. The van der Waals surface area contributed by atoms with Crippen LogP contribution >= 0.6 is 0 Å². The van der Waals surface area contributed by atoms with Crippen molar-refractivity contribution in [3.8, 4) is 0 Å². The van der Waals surface area contributed by atoms with Crippen LogP contribution in [0.15, 0.2) is 29.3 Å². The smallest absolute Gasteiger partial charge is 0.266 e. The van der Waals surface area contributed by atoms with Gasteiger partial charge in [0.15, 0.2) is 0 Å². The largest absolute Gasteiger partial charge is 0.350 e. The Morgan fingerprint density at radius 3 is 3.00 bits per heavy atom. The Morgan fingerprint density at radius 2 is 2.30 bits per heavy atom. The molecule has 1 aliphatic rings. The lowest BCUT2D eigenvalue weighted by atomic mass is 10.3. The van der Waals surface area contributed by atoms with Crippen molar-refractivity contribution in [3.63, 3.8) is 0 Å². The van der Waals surface area contributed by atoms with E-state index in [4.69, 9.17) is 0 Å². The van der Waals surface area contributed by atoms with Crippen molar-refractivity contribution in [2.24, 2.45) is 0 Å². The van der Waals surface area contributed by atoms with Crippen molar-refractivity contribution in [1.82, 2.24) is 25.3 Å². The predicted octanol–water partition coefficient (Wildman–Crippen LogP) is 0.274. The molecule has 2 heterocycles. The van der Waals surface area contributed by atoms with Gasteiger partial charge in [-0.1, -0.05) is 0 Å². The average Bonchev–Trinajstić information content (AvgIpc) is 3.15.